The van der Waals surface area contributed by atoms with Gasteiger partial charge in [0, 0.05) is 18.2 Å². The molecule has 0 aliphatic carbocycles. The Morgan fingerprint density at radius 1 is 0.938 bits per heavy atom. The summed E-state index contributed by atoms with van der Waals surface area (Å²) in [6.07, 6.45) is -3.86. The van der Waals surface area contributed by atoms with Crippen molar-refractivity contribution in [1.82, 2.24) is 5.01 Å². The van der Waals surface area contributed by atoms with Crippen molar-refractivity contribution in [3.8, 4) is 0 Å². The van der Waals surface area contributed by atoms with Crippen molar-refractivity contribution < 1.29 is 22.4 Å². The van der Waals surface area contributed by atoms with Crippen LogP contribution >= 0.6 is 0 Å². The molecule has 0 bridgehead atoms. The molecule has 32 heavy (non-hydrogen) atoms. The van der Waals surface area contributed by atoms with Gasteiger partial charge in [0.1, 0.15) is 5.82 Å². The van der Waals surface area contributed by atoms with Gasteiger partial charge in [-0.15, -0.1) is 0 Å². The number of carbonyl (C=O) groups excluding carboxylic acids is 1. The zero-order chi connectivity index (χ0) is 22.7. The fourth-order valence-corrected chi connectivity index (χ4v) is 3.60. The molecule has 3 aromatic rings. The van der Waals surface area contributed by atoms with Crippen molar-refractivity contribution in [3.63, 3.8) is 0 Å². The second kappa shape index (κ2) is 8.82. The minimum Gasteiger partial charge on any atom is -0.306 e. The minimum atomic E-state index is -4.45. The Labute approximate surface area is 182 Å². The SMILES string of the molecule is O=C(Nc1ccc(C(F)(F)F)cc1)N1CCC(c2ccccc2)C(c2ccc(F)cc2)=N1. The van der Waals surface area contributed by atoms with E-state index in [-0.39, 0.29) is 17.4 Å². The van der Waals surface area contributed by atoms with Crippen LogP contribution in [-0.4, -0.2) is 23.3 Å². The van der Waals surface area contributed by atoms with E-state index in [4.69, 9.17) is 0 Å². The average Bonchev–Trinajstić information content (AvgIpc) is 2.79. The van der Waals surface area contributed by atoms with Crippen LogP contribution in [0.25, 0.3) is 0 Å². The smallest absolute Gasteiger partial charge is 0.306 e. The third-order valence-corrected chi connectivity index (χ3v) is 5.23. The molecular weight excluding hydrogens is 422 g/mol. The average molecular weight is 441 g/mol. The van der Waals surface area contributed by atoms with Crippen LogP contribution in [0.15, 0.2) is 84.0 Å². The maximum atomic E-state index is 13.4. The first-order valence-electron chi connectivity index (χ1n) is 9.96. The second-order valence-corrected chi connectivity index (χ2v) is 7.37. The van der Waals surface area contributed by atoms with E-state index in [9.17, 15) is 22.4 Å². The Kier molecular flexibility index (Phi) is 5.94. The third-order valence-electron chi connectivity index (χ3n) is 5.23. The van der Waals surface area contributed by atoms with Gasteiger partial charge in [-0.3, -0.25) is 0 Å². The predicted molar refractivity (Wildman–Crippen MR) is 114 cm³/mol. The summed E-state index contributed by atoms with van der Waals surface area (Å²) < 4.78 is 51.7. The third kappa shape index (κ3) is 4.80. The summed E-state index contributed by atoms with van der Waals surface area (Å²) in [5, 5.41) is 8.35. The Hall–Kier alpha value is -3.68. The molecule has 0 saturated heterocycles. The lowest BCUT2D eigenvalue weighted by atomic mass is 9.86. The summed E-state index contributed by atoms with van der Waals surface area (Å²) in [5.74, 6) is -0.463. The summed E-state index contributed by atoms with van der Waals surface area (Å²) in [6.45, 7) is 0.316. The van der Waals surface area contributed by atoms with Crippen molar-refractivity contribution in [2.75, 3.05) is 11.9 Å². The Morgan fingerprint density at radius 2 is 1.59 bits per heavy atom. The molecule has 164 valence electrons. The highest BCUT2D eigenvalue weighted by Gasteiger charge is 2.31. The van der Waals surface area contributed by atoms with Crippen LogP contribution in [0, 0.1) is 5.82 Å². The number of hydrazone groups is 1. The molecule has 0 spiro atoms. The first-order valence-corrected chi connectivity index (χ1v) is 9.96. The fraction of sp³-hybridized carbons (Fsp3) is 0.167. The van der Waals surface area contributed by atoms with Gasteiger partial charge in [0.05, 0.1) is 11.3 Å². The molecule has 0 aromatic heterocycles. The lowest BCUT2D eigenvalue weighted by Crippen LogP contribution is -2.38. The van der Waals surface area contributed by atoms with Gasteiger partial charge >= 0.3 is 12.2 Å². The molecule has 0 saturated carbocycles. The Balaban J connectivity index is 1.59. The van der Waals surface area contributed by atoms with Crippen LogP contribution in [0.4, 0.5) is 28.0 Å². The lowest BCUT2D eigenvalue weighted by molar-refractivity contribution is -0.137. The van der Waals surface area contributed by atoms with Gasteiger partial charge in [-0.25, -0.2) is 14.2 Å². The molecule has 3 aromatic carbocycles. The molecular formula is C24H19F4N3O. The van der Waals surface area contributed by atoms with E-state index in [0.29, 0.717) is 24.2 Å². The highest BCUT2D eigenvalue weighted by molar-refractivity contribution is 6.06. The number of nitrogens with one attached hydrogen (secondary N) is 1. The first kappa shape index (κ1) is 21.5. The molecule has 1 unspecified atom stereocenters. The Morgan fingerprint density at radius 3 is 2.22 bits per heavy atom. The topological polar surface area (TPSA) is 44.7 Å². The van der Waals surface area contributed by atoms with Crippen LogP contribution in [0.1, 0.15) is 29.0 Å². The number of hydrogen-bond acceptors (Lipinski definition) is 2. The molecule has 2 amide bonds. The molecule has 1 heterocycles. The number of benzene rings is 3. The summed E-state index contributed by atoms with van der Waals surface area (Å²) in [6, 6.07) is 19.2. The number of carbonyl (C=O) groups is 1. The molecule has 8 heteroatoms. The standard InChI is InChI=1S/C24H19F4N3O/c25-19-10-6-17(7-11-19)22-21(16-4-2-1-3-5-16)14-15-31(30-22)23(32)29-20-12-8-18(9-13-20)24(26,27)28/h1-13,21H,14-15H2,(H,29,32). The summed E-state index contributed by atoms with van der Waals surface area (Å²) in [4.78, 5) is 12.7. The molecule has 4 rings (SSSR count). The lowest BCUT2D eigenvalue weighted by Gasteiger charge is -2.30. The molecule has 1 atom stereocenters. The van der Waals surface area contributed by atoms with Crippen LogP contribution in [0.3, 0.4) is 0 Å². The normalized spacial score (nSPS) is 16.4. The van der Waals surface area contributed by atoms with Gasteiger partial charge in [-0.1, -0.05) is 42.5 Å². The quantitative estimate of drug-likeness (QED) is 0.479. The van der Waals surface area contributed by atoms with Gasteiger partial charge in [0.2, 0.25) is 0 Å². The number of amides is 2. The van der Waals surface area contributed by atoms with E-state index in [1.54, 1.807) is 12.1 Å². The van der Waals surface area contributed by atoms with Crippen LogP contribution in [-0.2, 0) is 6.18 Å². The van der Waals surface area contributed by atoms with Gasteiger partial charge in [-0.05, 0) is 53.9 Å². The van der Waals surface area contributed by atoms with Crippen molar-refractivity contribution >= 4 is 17.4 Å². The van der Waals surface area contributed by atoms with E-state index in [0.717, 1.165) is 17.7 Å². The highest BCUT2D eigenvalue weighted by atomic mass is 19.4. The highest BCUT2D eigenvalue weighted by Crippen LogP contribution is 2.31. The predicted octanol–water partition coefficient (Wildman–Crippen LogP) is 6.27. The van der Waals surface area contributed by atoms with Gasteiger partial charge in [0.25, 0.3) is 0 Å². The first-order chi connectivity index (χ1) is 15.3. The minimum absolute atomic E-state index is 0.0863. The molecule has 0 radical (unpaired) electrons. The van der Waals surface area contributed by atoms with E-state index < -0.39 is 17.8 Å². The van der Waals surface area contributed by atoms with Gasteiger partial charge in [-0.2, -0.15) is 18.3 Å². The summed E-state index contributed by atoms with van der Waals surface area (Å²) in [7, 11) is 0. The van der Waals surface area contributed by atoms with Crippen molar-refractivity contribution in [2.24, 2.45) is 5.10 Å². The second-order valence-electron chi connectivity index (χ2n) is 7.37. The number of urea groups is 1. The molecule has 1 aliphatic heterocycles. The van der Waals surface area contributed by atoms with Gasteiger partial charge in [0.15, 0.2) is 0 Å². The number of nitrogens with zero attached hydrogens (tertiary/aromatic N) is 2. The number of hydrogen-bond donors (Lipinski definition) is 1. The summed E-state index contributed by atoms with van der Waals surface area (Å²) >= 11 is 0. The molecule has 0 fully saturated rings. The number of rotatable bonds is 3. The summed E-state index contributed by atoms with van der Waals surface area (Å²) in [5.41, 5.74) is 1.76. The van der Waals surface area contributed by atoms with Crippen LogP contribution in [0.5, 0.6) is 0 Å². The van der Waals surface area contributed by atoms with E-state index in [1.807, 2.05) is 30.3 Å². The zero-order valence-electron chi connectivity index (χ0n) is 16.8. The van der Waals surface area contributed by atoms with Crippen molar-refractivity contribution in [2.45, 2.75) is 18.5 Å². The number of anilines is 1. The molecule has 1 N–H and O–H groups in total. The molecule has 4 nitrogen and oxygen atoms in total. The van der Waals surface area contributed by atoms with E-state index in [1.165, 1.54) is 29.3 Å². The van der Waals surface area contributed by atoms with Crippen molar-refractivity contribution in [3.05, 3.63) is 101 Å². The largest absolute Gasteiger partial charge is 0.416 e. The molecule has 1 aliphatic rings. The maximum Gasteiger partial charge on any atom is 0.416 e. The maximum absolute atomic E-state index is 13.4. The number of halogens is 4. The van der Waals surface area contributed by atoms with Crippen LogP contribution < -0.4 is 5.32 Å². The van der Waals surface area contributed by atoms with Crippen LogP contribution in [0.2, 0.25) is 0 Å². The zero-order valence-corrected chi connectivity index (χ0v) is 16.8. The van der Waals surface area contributed by atoms with E-state index >= 15 is 0 Å². The number of alkyl halides is 3. The monoisotopic (exact) mass is 441 g/mol. The fourth-order valence-electron chi connectivity index (χ4n) is 3.60. The van der Waals surface area contributed by atoms with Crippen molar-refractivity contribution in [1.29, 1.82) is 0 Å². The van der Waals surface area contributed by atoms with E-state index in [2.05, 4.69) is 10.4 Å². The Bertz CT molecular complexity index is 1110. The van der Waals surface area contributed by atoms with Gasteiger partial charge < -0.3 is 5.32 Å².